The van der Waals surface area contributed by atoms with Gasteiger partial charge >= 0.3 is 0 Å². The van der Waals surface area contributed by atoms with Crippen molar-refractivity contribution in [2.75, 3.05) is 31.6 Å². The van der Waals surface area contributed by atoms with Crippen molar-refractivity contribution in [3.63, 3.8) is 0 Å². The summed E-state index contributed by atoms with van der Waals surface area (Å²) in [5.74, 6) is 0.669. The number of rotatable bonds is 4. The highest BCUT2D eigenvalue weighted by Gasteiger charge is 2.18. The van der Waals surface area contributed by atoms with Crippen LogP contribution >= 0.6 is 0 Å². The fraction of sp³-hybridized carbons (Fsp3) is 0.500. The minimum Gasteiger partial charge on any atom is -0.497 e. The minimum atomic E-state index is -0.0329. The molecule has 1 aromatic carbocycles. The van der Waals surface area contributed by atoms with E-state index < -0.39 is 0 Å². The van der Waals surface area contributed by atoms with E-state index in [0.29, 0.717) is 11.3 Å². The van der Waals surface area contributed by atoms with Crippen LogP contribution in [0.5, 0.6) is 5.75 Å². The summed E-state index contributed by atoms with van der Waals surface area (Å²) in [5, 5.41) is 0. The number of hydrogen-bond donors (Lipinski definition) is 1. The predicted octanol–water partition coefficient (Wildman–Crippen LogP) is 1.83. The molecule has 0 radical (unpaired) electrons. The monoisotopic (exact) mass is 248 g/mol. The summed E-state index contributed by atoms with van der Waals surface area (Å²) >= 11 is 0. The second kappa shape index (κ2) is 5.87. The summed E-state index contributed by atoms with van der Waals surface area (Å²) in [4.78, 5) is 14.2. The van der Waals surface area contributed by atoms with Crippen LogP contribution in [0.1, 0.15) is 29.6 Å². The fourth-order valence-corrected chi connectivity index (χ4v) is 2.39. The van der Waals surface area contributed by atoms with Crippen molar-refractivity contribution in [2.24, 2.45) is 5.73 Å². The van der Waals surface area contributed by atoms with Crippen LogP contribution in [0.15, 0.2) is 18.2 Å². The van der Waals surface area contributed by atoms with Gasteiger partial charge in [0.2, 0.25) is 0 Å². The molecule has 1 aliphatic rings. The predicted molar refractivity (Wildman–Crippen MR) is 72.4 cm³/mol. The molecule has 4 heteroatoms. The van der Waals surface area contributed by atoms with Crippen molar-refractivity contribution in [1.82, 2.24) is 0 Å². The van der Waals surface area contributed by atoms with E-state index in [1.807, 2.05) is 12.1 Å². The van der Waals surface area contributed by atoms with Gasteiger partial charge in [0.15, 0.2) is 5.78 Å². The molecule has 0 spiro atoms. The van der Waals surface area contributed by atoms with Crippen LogP contribution in [0.2, 0.25) is 0 Å². The average Bonchev–Trinajstić information content (AvgIpc) is 2.46. The zero-order chi connectivity index (χ0) is 13.0. The molecule has 1 aromatic rings. The number of benzene rings is 1. The lowest BCUT2D eigenvalue weighted by Gasteiger charge is -2.30. The highest BCUT2D eigenvalue weighted by Crippen LogP contribution is 2.28. The largest absolute Gasteiger partial charge is 0.497 e. The standard InChI is InChI=1S/C14H20N2O2/c1-18-11-5-6-13(12(9-11)14(17)10-15)16-7-3-2-4-8-16/h5-6,9H,2-4,7-8,10,15H2,1H3. The first-order chi connectivity index (χ1) is 8.76. The molecule has 1 fully saturated rings. The Labute approximate surface area is 108 Å². The molecule has 2 N–H and O–H groups in total. The van der Waals surface area contributed by atoms with Crippen LogP contribution in [0.4, 0.5) is 5.69 Å². The number of ether oxygens (including phenoxy) is 1. The van der Waals surface area contributed by atoms with E-state index in [2.05, 4.69) is 4.90 Å². The third kappa shape index (κ3) is 2.64. The first kappa shape index (κ1) is 12.9. The van der Waals surface area contributed by atoms with Crippen LogP contribution in [0.25, 0.3) is 0 Å². The fourth-order valence-electron chi connectivity index (χ4n) is 2.39. The summed E-state index contributed by atoms with van der Waals surface area (Å²) < 4.78 is 5.18. The SMILES string of the molecule is COc1ccc(N2CCCCC2)c(C(=O)CN)c1. The first-order valence-electron chi connectivity index (χ1n) is 6.42. The van der Waals surface area contributed by atoms with Gasteiger partial charge in [0.05, 0.1) is 13.7 Å². The maximum atomic E-state index is 11.9. The minimum absolute atomic E-state index is 0.0329. The molecule has 0 atom stereocenters. The smallest absolute Gasteiger partial charge is 0.178 e. The van der Waals surface area contributed by atoms with Crippen molar-refractivity contribution >= 4 is 11.5 Å². The van der Waals surface area contributed by atoms with Crippen LogP contribution in [0.3, 0.4) is 0 Å². The van der Waals surface area contributed by atoms with E-state index in [1.165, 1.54) is 19.3 Å². The Kier molecular flexibility index (Phi) is 4.20. The number of nitrogens with zero attached hydrogens (tertiary/aromatic N) is 1. The average molecular weight is 248 g/mol. The Hall–Kier alpha value is -1.55. The summed E-state index contributed by atoms with van der Waals surface area (Å²) in [5.41, 5.74) is 7.16. The van der Waals surface area contributed by atoms with Crippen molar-refractivity contribution in [3.05, 3.63) is 23.8 Å². The van der Waals surface area contributed by atoms with Gasteiger partial charge in [0, 0.05) is 24.3 Å². The molecule has 0 aromatic heterocycles. The number of carbonyl (C=O) groups excluding carboxylic acids is 1. The van der Waals surface area contributed by atoms with E-state index >= 15 is 0 Å². The van der Waals surface area contributed by atoms with E-state index in [4.69, 9.17) is 10.5 Å². The molecule has 2 rings (SSSR count). The third-order valence-electron chi connectivity index (χ3n) is 3.39. The number of nitrogens with two attached hydrogens (primary N) is 1. The van der Waals surface area contributed by atoms with Gasteiger partial charge in [0.1, 0.15) is 5.75 Å². The van der Waals surface area contributed by atoms with E-state index in [1.54, 1.807) is 13.2 Å². The van der Waals surface area contributed by atoms with Gasteiger partial charge in [-0.3, -0.25) is 4.79 Å². The first-order valence-corrected chi connectivity index (χ1v) is 6.42. The summed E-state index contributed by atoms with van der Waals surface area (Å²) in [6, 6.07) is 5.66. The van der Waals surface area contributed by atoms with Crippen LogP contribution in [-0.4, -0.2) is 32.5 Å². The number of anilines is 1. The Morgan fingerprint density at radius 1 is 1.33 bits per heavy atom. The number of Topliss-reactive ketones (excluding diaryl/α,β-unsaturated/α-hetero) is 1. The zero-order valence-corrected chi connectivity index (χ0v) is 10.8. The topological polar surface area (TPSA) is 55.6 Å². The van der Waals surface area contributed by atoms with Gasteiger partial charge in [0.25, 0.3) is 0 Å². The molecule has 1 saturated heterocycles. The lowest BCUT2D eigenvalue weighted by atomic mass is 10.0. The molecular weight excluding hydrogens is 228 g/mol. The van der Waals surface area contributed by atoms with Gasteiger partial charge < -0.3 is 15.4 Å². The van der Waals surface area contributed by atoms with Crippen molar-refractivity contribution < 1.29 is 9.53 Å². The zero-order valence-electron chi connectivity index (χ0n) is 10.8. The number of ketones is 1. The maximum Gasteiger partial charge on any atom is 0.178 e. The van der Waals surface area contributed by atoms with E-state index in [9.17, 15) is 4.79 Å². The van der Waals surface area contributed by atoms with Crippen molar-refractivity contribution in [1.29, 1.82) is 0 Å². The van der Waals surface area contributed by atoms with Crippen molar-refractivity contribution in [3.8, 4) is 5.75 Å². The quantitative estimate of drug-likeness (QED) is 0.826. The molecule has 1 heterocycles. The second-order valence-corrected chi connectivity index (χ2v) is 4.56. The second-order valence-electron chi connectivity index (χ2n) is 4.56. The summed E-state index contributed by atoms with van der Waals surface area (Å²) in [6.07, 6.45) is 3.64. The number of hydrogen-bond acceptors (Lipinski definition) is 4. The van der Waals surface area contributed by atoms with Crippen LogP contribution < -0.4 is 15.4 Å². The Balaban J connectivity index is 2.35. The number of carbonyl (C=O) groups is 1. The molecule has 18 heavy (non-hydrogen) atoms. The number of methoxy groups -OCH3 is 1. The molecule has 98 valence electrons. The summed E-state index contributed by atoms with van der Waals surface area (Å²) in [7, 11) is 1.60. The molecule has 1 aliphatic heterocycles. The van der Waals surface area contributed by atoms with Crippen LogP contribution in [0, 0.1) is 0 Å². The normalized spacial score (nSPS) is 15.6. The van der Waals surface area contributed by atoms with Gasteiger partial charge in [-0.25, -0.2) is 0 Å². The lowest BCUT2D eigenvalue weighted by Crippen LogP contribution is -2.31. The molecule has 0 bridgehead atoms. The highest BCUT2D eigenvalue weighted by atomic mass is 16.5. The molecule has 0 unspecified atom stereocenters. The number of piperidine rings is 1. The van der Waals surface area contributed by atoms with Gasteiger partial charge in [-0.05, 0) is 37.5 Å². The van der Waals surface area contributed by atoms with Crippen LogP contribution in [-0.2, 0) is 0 Å². The van der Waals surface area contributed by atoms with E-state index in [0.717, 1.165) is 18.8 Å². The highest BCUT2D eigenvalue weighted by molar-refractivity contribution is 6.03. The Morgan fingerprint density at radius 3 is 2.67 bits per heavy atom. The summed E-state index contributed by atoms with van der Waals surface area (Å²) in [6.45, 7) is 2.06. The van der Waals surface area contributed by atoms with Gasteiger partial charge in [-0.2, -0.15) is 0 Å². The van der Waals surface area contributed by atoms with E-state index in [-0.39, 0.29) is 12.3 Å². The molecule has 0 aliphatic carbocycles. The molecule has 0 amide bonds. The molecule has 4 nitrogen and oxygen atoms in total. The molecular formula is C14H20N2O2. The van der Waals surface area contributed by atoms with Crippen molar-refractivity contribution in [2.45, 2.75) is 19.3 Å². The Morgan fingerprint density at radius 2 is 2.06 bits per heavy atom. The molecule has 0 saturated carbocycles. The van der Waals surface area contributed by atoms with Gasteiger partial charge in [-0.15, -0.1) is 0 Å². The Bertz CT molecular complexity index is 426. The lowest BCUT2D eigenvalue weighted by molar-refractivity contribution is 0.100. The third-order valence-corrected chi connectivity index (χ3v) is 3.39. The van der Waals surface area contributed by atoms with Gasteiger partial charge in [-0.1, -0.05) is 0 Å². The maximum absolute atomic E-state index is 11.9.